The molecule has 0 saturated carbocycles. The predicted octanol–water partition coefficient (Wildman–Crippen LogP) is 4.52. The molecule has 0 radical (unpaired) electrons. The normalized spacial score (nSPS) is 15.0. The predicted molar refractivity (Wildman–Crippen MR) is 114 cm³/mol. The minimum absolute atomic E-state index is 0.0989. The van der Waals surface area contributed by atoms with Gasteiger partial charge in [-0.05, 0) is 30.7 Å². The molecule has 2 aromatic carbocycles. The molecule has 1 amide bonds. The molecule has 28 heavy (non-hydrogen) atoms. The Labute approximate surface area is 173 Å². The number of likely N-dealkylation sites (tertiary alicyclic amines) is 1. The topological polar surface area (TPSA) is 41.3 Å². The molecule has 0 aliphatic carbocycles. The van der Waals surface area contributed by atoms with Gasteiger partial charge in [-0.1, -0.05) is 60.2 Å². The quantitative estimate of drug-likeness (QED) is 0.340. The van der Waals surface area contributed by atoms with Gasteiger partial charge in [0, 0.05) is 24.6 Å². The molecular formula is C22H23N2O2S2+. The standard InChI is InChI=1S/C22H23N2O2S2/c25-19(17-9-3-1-4-10-17)15-24-18-11-6-7-12-20(18)28-22(24)27-16-23-14-8-2-5-13-21(23)26/h1,3-4,6-7,9-12H,2,5,8,13-16H2/q+1. The van der Waals surface area contributed by atoms with Crippen LogP contribution in [0.2, 0.25) is 0 Å². The summed E-state index contributed by atoms with van der Waals surface area (Å²) in [7, 11) is 0. The van der Waals surface area contributed by atoms with E-state index in [1.807, 2.05) is 47.4 Å². The highest BCUT2D eigenvalue weighted by Crippen LogP contribution is 2.29. The number of aromatic nitrogens is 1. The Bertz CT molecular complexity index is 985. The molecule has 1 saturated heterocycles. The van der Waals surface area contributed by atoms with Crippen LogP contribution in [-0.2, 0) is 11.3 Å². The molecule has 1 aliphatic heterocycles. The van der Waals surface area contributed by atoms with Crippen LogP contribution in [0.4, 0.5) is 0 Å². The summed E-state index contributed by atoms with van der Waals surface area (Å²) in [5.74, 6) is 0.991. The number of para-hydroxylation sites is 1. The first-order valence-electron chi connectivity index (χ1n) is 9.62. The van der Waals surface area contributed by atoms with E-state index in [4.69, 9.17) is 0 Å². The third-order valence-corrected chi connectivity index (χ3v) is 7.46. The van der Waals surface area contributed by atoms with E-state index >= 15 is 0 Å². The largest absolute Gasteiger partial charge is 0.333 e. The van der Waals surface area contributed by atoms with Gasteiger partial charge in [0.1, 0.15) is 4.70 Å². The molecule has 0 unspecified atom stereocenters. The number of carbonyl (C=O) groups is 2. The highest BCUT2D eigenvalue weighted by Gasteiger charge is 2.26. The molecule has 0 atom stereocenters. The molecule has 4 nitrogen and oxygen atoms in total. The zero-order valence-corrected chi connectivity index (χ0v) is 17.3. The van der Waals surface area contributed by atoms with Crippen molar-refractivity contribution in [3.8, 4) is 0 Å². The number of hydrogen-bond acceptors (Lipinski definition) is 4. The fourth-order valence-corrected chi connectivity index (χ4v) is 5.85. The Morgan fingerprint density at radius 1 is 1.04 bits per heavy atom. The summed E-state index contributed by atoms with van der Waals surface area (Å²) in [5, 5.41) is 0. The van der Waals surface area contributed by atoms with E-state index < -0.39 is 0 Å². The van der Waals surface area contributed by atoms with Gasteiger partial charge in [-0.2, -0.15) is 4.57 Å². The van der Waals surface area contributed by atoms with Gasteiger partial charge in [-0.3, -0.25) is 9.59 Å². The SMILES string of the molecule is O=C(C[n+]1c(SCN2CCCCCC2=O)sc2ccccc21)c1ccccc1. The van der Waals surface area contributed by atoms with Crippen molar-refractivity contribution in [3.05, 3.63) is 60.2 Å². The van der Waals surface area contributed by atoms with Gasteiger partial charge in [-0.25, -0.2) is 0 Å². The van der Waals surface area contributed by atoms with Gasteiger partial charge in [0.25, 0.3) is 0 Å². The minimum Gasteiger partial charge on any atom is -0.333 e. The van der Waals surface area contributed by atoms with Crippen LogP contribution >= 0.6 is 23.1 Å². The van der Waals surface area contributed by atoms with E-state index in [0.29, 0.717) is 18.8 Å². The third-order valence-electron chi connectivity index (χ3n) is 4.99. The average molecular weight is 412 g/mol. The first-order valence-corrected chi connectivity index (χ1v) is 11.4. The molecule has 144 valence electrons. The van der Waals surface area contributed by atoms with Gasteiger partial charge < -0.3 is 4.90 Å². The summed E-state index contributed by atoms with van der Waals surface area (Å²) in [6, 6.07) is 17.6. The molecule has 0 bridgehead atoms. The molecule has 3 aromatic rings. The molecule has 0 N–H and O–H groups in total. The number of rotatable bonds is 6. The summed E-state index contributed by atoms with van der Waals surface area (Å²) in [6.07, 6.45) is 3.85. The van der Waals surface area contributed by atoms with Crippen LogP contribution < -0.4 is 4.57 Å². The second-order valence-corrected chi connectivity index (χ2v) is 9.17. The Balaban J connectivity index is 1.58. The zero-order valence-electron chi connectivity index (χ0n) is 15.7. The average Bonchev–Trinajstić information content (AvgIpc) is 2.93. The lowest BCUT2D eigenvalue weighted by Gasteiger charge is -2.18. The van der Waals surface area contributed by atoms with Crippen molar-refractivity contribution >= 4 is 45.0 Å². The first kappa shape index (κ1) is 19.2. The number of nitrogens with zero attached hydrogens (tertiary/aromatic N) is 2. The number of ketones is 1. The van der Waals surface area contributed by atoms with Crippen molar-refractivity contribution in [1.82, 2.24) is 4.90 Å². The fraction of sp³-hybridized carbons (Fsp3) is 0.318. The number of amides is 1. The summed E-state index contributed by atoms with van der Waals surface area (Å²) < 4.78 is 4.33. The minimum atomic E-state index is 0.0989. The van der Waals surface area contributed by atoms with Gasteiger partial charge in [0.2, 0.25) is 23.8 Å². The van der Waals surface area contributed by atoms with Crippen LogP contribution in [0.15, 0.2) is 58.9 Å². The second kappa shape index (κ2) is 8.88. The van der Waals surface area contributed by atoms with E-state index in [0.717, 1.165) is 45.9 Å². The smallest absolute Gasteiger partial charge is 0.300 e. The molecule has 0 spiro atoms. The second-order valence-electron chi connectivity index (χ2n) is 6.95. The maximum Gasteiger partial charge on any atom is 0.300 e. The van der Waals surface area contributed by atoms with Gasteiger partial charge in [0.15, 0.2) is 0 Å². The number of Topliss-reactive ketones (excluding diaryl/α,β-unsaturated/α-hetero) is 1. The maximum atomic E-state index is 12.8. The van der Waals surface area contributed by atoms with Crippen LogP contribution in [0.3, 0.4) is 0 Å². The van der Waals surface area contributed by atoms with Gasteiger partial charge >= 0.3 is 4.34 Å². The summed E-state index contributed by atoms with van der Waals surface area (Å²) in [5.41, 5.74) is 1.80. The lowest BCUT2D eigenvalue weighted by molar-refractivity contribution is -0.688. The zero-order chi connectivity index (χ0) is 19.3. The van der Waals surface area contributed by atoms with Gasteiger partial charge in [-0.15, -0.1) is 0 Å². The van der Waals surface area contributed by atoms with Crippen molar-refractivity contribution in [2.75, 3.05) is 12.4 Å². The first-order chi connectivity index (χ1) is 13.7. The highest BCUT2D eigenvalue weighted by molar-refractivity contribution is 8.00. The highest BCUT2D eigenvalue weighted by atomic mass is 32.2. The van der Waals surface area contributed by atoms with Crippen LogP contribution in [0.1, 0.15) is 36.0 Å². The van der Waals surface area contributed by atoms with E-state index in [1.165, 1.54) is 0 Å². The number of hydrogen-bond donors (Lipinski definition) is 0. The summed E-state index contributed by atoms with van der Waals surface area (Å²) >= 11 is 3.36. The molecular weight excluding hydrogens is 388 g/mol. The number of thiazole rings is 1. The Morgan fingerprint density at radius 2 is 1.82 bits per heavy atom. The fourth-order valence-electron chi connectivity index (χ4n) is 3.44. The van der Waals surface area contributed by atoms with Crippen molar-refractivity contribution in [3.63, 3.8) is 0 Å². The molecule has 4 rings (SSSR count). The molecule has 1 aromatic heterocycles. The number of benzene rings is 2. The number of carbonyl (C=O) groups excluding carboxylic acids is 2. The molecule has 2 heterocycles. The number of thioether (sulfide) groups is 1. The van der Waals surface area contributed by atoms with E-state index in [9.17, 15) is 9.59 Å². The lowest BCUT2D eigenvalue weighted by atomic mass is 10.1. The molecule has 6 heteroatoms. The summed E-state index contributed by atoms with van der Waals surface area (Å²) in [6.45, 7) is 1.14. The van der Waals surface area contributed by atoms with Crippen LogP contribution in [0.25, 0.3) is 10.2 Å². The van der Waals surface area contributed by atoms with Crippen molar-refractivity contribution in [2.45, 2.75) is 36.6 Å². The molecule has 1 fully saturated rings. The summed E-state index contributed by atoms with van der Waals surface area (Å²) in [4.78, 5) is 27.1. The maximum absolute atomic E-state index is 12.8. The van der Waals surface area contributed by atoms with E-state index in [2.05, 4.69) is 16.7 Å². The van der Waals surface area contributed by atoms with Crippen molar-refractivity contribution < 1.29 is 14.2 Å². The van der Waals surface area contributed by atoms with E-state index in [1.54, 1.807) is 23.1 Å². The van der Waals surface area contributed by atoms with Crippen LogP contribution in [0, 0.1) is 0 Å². The molecule has 1 aliphatic rings. The lowest BCUT2D eigenvalue weighted by Crippen LogP contribution is -2.39. The number of fused-ring (bicyclic) bond motifs is 1. The van der Waals surface area contributed by atoms with Crippen molar-refractivity contribution in [2.24, 2.45) is 0 Å². The van der Waals surface area contributed by atoms with Gasteiger partial charge in [0.05, 0.1) is 5.88 Å². The Kier molecular flexibility index (Phi) is 6.07. The van der Waals surface area contributed by atoms with Crippen LogP contribution in [0.5, 0.6) is 0 Å². The van der Waals surface area contributed by atoms with E-state index in [-0.39, 0.29) is 11.7 Å². The van der Waals surface area contributed by atoms with Crippen molar-refractivity contribution in [1.29, 1.82) is 0 Å². The Morgan fingerprint density at radius 3 is 2.68 bits per heavy atom. The Hall–Kier alpha value is -2.18. The van der Waals surface area contributed by atoms with Crippen LogP contribution in [-0.4, -0.2) is 29.0 Å². The third kappa shape index (κ3) is 4.28. The monoisotopic (exact) mass is 411 g/mol.